The van der Waals surface area contributed by atoms with Gasteiger partial charge in [-0.1, -0.05) is 18.7 Å². The predicted octanol–water partition coefficient (Wildman–Crippen LogP) is 2.84. The molecule has 0 saturated carbocycles. The van der Waals surface area contributed by atoms with Gasteiger partial charge in [0.25, 0.3) is 0 Å². The molecule has 1 heterocycles. The second kappa shape index (κ2) is 3.44. The van der Waals surface area contributed by atoms with Gasteiger partial charge in [0.05, 0.1) is 0 Å². The van der Waals surface area contributed by atoms with E-state index < -0.39 is 0 Å². The van der Waals surface area contributed by atoms with Crippen LogP contribution in [0.4, 0.5) is 0 Å². The summed E-state index contributed by atoms with van der Waals surface area (Å²) in [5.41, 5.74) is 3.86. The fourth-order valence-corrected chi connectivity index (χ4v) is 1.34. The Bertz CT molecular complexity index is 316. The van der Waals surface area contributed by atoms with Gasteiger partial charge in [-0.25, -0.2) is 0 Å². The van der Waals surface area contributed by atoms with Gasteiger partial charge >= 0.3 is 0 Å². The zero-order chi connectivity index (χ0) is 9.14. The van der Waals surface area contributed by atoms with Crippen molar-refractivity contribution in [1.82, 2.24) is 4.57 Å². The normalized spacial score (nSPS) is 10.9. The zero-order valence-electron chi connectivity index (χ0n) is 7.96. The summed E-state index contributed by atoms with van der Waals surface area (Å²) in [6, 6.07) is 2.18. The highest BCUT2D eigenvalue weighted by atomic mass is 14.9. The van der Waals surface area contributed by atoms with E-state index in [4.69, 9.17) is 0 Å². The van der Waals surface area contributed by atoms with Crippen molar-refractivity contribution in [2.75, 3.05) is 0 Å². The van der Waals surface area contributed by atoms with Crippen LogP contribution in [0, 0.1) is 13.8 Å². The molecule has 1 heteroatoms. The maximum Gasteiger partial charge on any atom is 0.0435 e. The predicted molar refractivity (Wildman–Crippen MR) is 54.1 cm³/mol. The standard InChI is InChI=1S/C11H15N/c1-5-6-7-11-9(2)8-10(3)12(11)4/h5-8H,1H2,2-4H3/b7-6-. The minimum Gasteiger partial charge on any atom is -0.348 e. The summed E-state index contributed by atoms with van der Waals surface area (Å²) in [7, 11) is 2.07. The number of nitrogens with zero attached hydrogens (tertiary/aromatic N) is 1. The highest BCUT2D eigenvalue weighted by Crippen LogP contribution is 2.14. The van der Waals surface area contributed by atoms with Gasteiger partial charge in [-0.15, -0.1) is 0 Å². The molecule has 1 nitrogen and oxygen atoms in total. The first kappa shape index (κ1) is 8.85. The second-order valence-electron chi connectivity index (χ2n) is 3.01. The Morgan fingerprint density at radius 3 is 2.50 bits per heavy atom. The monoisotopic (exact) mass is 161 g/mol. The fourth-order valence-electron chi connectivity index (χ4n) is 1.34. The average Bonchev–Trinajstić information content (AvgIpc) is 2.25. The minimum absolute atomic E-state index is 1.26. The second-order valence-corrected chi connectivity index (χ2v) is 3.01. The Kier molecular flexibility index (Phi) is 2.54. The van der Waals surface area contributed by atoms with Crippen LogP contribution in [0.25, 0.3) is 6.08 Å². The van der Waals surface area contributed by atoms with Crippen molar-refractivity contribution in [3.63, 3.8) is 0 Å². The molecular weight excluding hydrogens is 146 g/mol. The highest BCUT2D eigenvalue weighted by Gasteiger charge is 2.01. The van der Waals surface area contributed by atoms with E-state index in [-0.39, 0.29) is 0 Å². The average molecular weight is 161 g/mol. The van der Waals surface area contributed by atoms with E-state index in [0.29, 0.717) is 0 Å². The van der Waals surface area contributed by atoms with Gasteiger partial charge in [0.2, 0.25) is 0 Å². The molecule has 0 unspecified atom stereocenters. The molecule has 1 aromatic rings. The van der Waals surface area contributed by atoms with Crippen molar-refractivity contribution >= 4 is 6.08 Å². The summed E-state index contributed by atoms with van der Waals surface area (Å²) in [6.45, 7) is 7.88. The molecule has 64 valence electrons. The molecule has 0 fully saturated rings. The third-order valence-corrected chi connectivity index (χ3v) is 2.11. The van der Waals surface area contributed by atoms with E-state index in [1.54, 1.807) is 6.08 Å². The van der Waals surface area contributed by atoms with Gasteiger partial charge in [0, 0.05) is 18.4 Å². The lowest BCUT2D eigenvalue weighted by Crippen LogP contribution is -1.93. The smallest absolute Gasteiger partial charge is 0.0435 e. The number of hydrogen-bond donors (Lipinski definition) is 0. The first-order valence-corrected chi connectivity index (χ1v) is 4.09. The van der Waals surface area contributed by atoms with Crippen LogP contribution in [0.15, 0.2) is 24.8 Å². The number of aryl methyl sites for hydroxylation is 2. The Balaban J connectivity index is 3.13. The van der Waals surface area contributed by atoms with Crippen LogP contribution >= 0.6 is 0 Å². The van der Waals surface area contributed by atoms with Crippen LogP contribution < -0.4 is 0 Å². The van der Waals surface area contributed by atoms with Gasteiger partial charge in [0.1, 0.15) is 0 Å². The molecule has 12 heavy (non-hydrogen) atoms. The SMILES string of the molecule is C=C/C=C\c1c(C)cc(C)n1C. The summed E-state index contributed by atoms with van der Waals surface area (Å²) in [6.07, 6.45) is 5.83. The molecule has 0 atom stereocenters. The summed E-state index contributed by atoms with van der Waals surface area (Å²) >= 11 is 0. The van der Waals surface area contributed by atoms with E-state index in [9.17, 15) is 0 Å². The molecule has 0 N–H and O–H groups in total. The van der Waals surface area contributed by atoms with E-state index in [0.717, 1.165) is 0 Å². The maximum absolute atomic E-state index is 3.65. The summed E-state index contributed by atoms with van der Waals surface area (Å²) < 4.78 is 2.18. The van der Waals surface area contributed by atoms with E-state index in [2.05, 4.69) is 44.2 Å². The molecule has 0 aliphatic rings. The number of allylic oxidation sites excluding steroid dienone is 2. The zero-order valence-corrected chi connectivity index (χ0v) is 7.96. The third-order valence-electron chi connectivity index (χ3n) is 2.11. The lowest BCUT2D eigenvalue weighted by Gasteiger charge is -1.99. The van der Waals surface area contributed by atoms with Crippen molar-refractivity contribution in [1.29, 1.82) is 0 Å². The van der Waals surface area contributed by atoms with Gasteiger partial charge in [0.15, 0.2) is 0 Å². The quantitative estimate of drug-likeness (QED) is 0.588. The van der Waals surface area contributed by atoms with Crippen LogP contribution in [-0.4, -0.2) is 4.57 Å². The molecule has 0 saturated heterocycles. The van der Waals surface area contributed by atoms with Crippen LogP contribution in [0.2, 0.25) is 0 Å². The van der Waals surface area contributed by atoms with Crippen molar-refractivity contribution < 1.29 is 0 Å². The molecule has 0 aliphatic heterocycles. The Hall–Kier alpha value is -1.24. The Labute approximate surface area is 74.0 Å². The molecule has 0 bridgehead atoms. The van der Waals surface area contributed by atoms with Crippen LogP contribution in [-0.2, 0) is 7.05 Å². The van der Waals surface area contributed by atoms with Gasteiger partial charge in [-0.3, -0.25) is 0 Å². The van der Waals surface area contributed by atoms with Crippen LogP contribution in [0.5, 0.6) is 0 Å². The van der Waals surface area contributed by atoms with Crippen LogP contribution in [0.1, 0.15) is 17.0 Å². The molecule has 0 radical (unpaired) electrons. The molecule has 0 spiro atoms. The van der Waals surface area contributed by atoms with Crippen molar-refractivity contribution in [2.45, 2.75) is 13.8 Å². The van der Waals surface area contributed by atoms with E-state index in [1.807, 2.05) is 6.08 Å². The van der Waals surface area contributed by atoms with Gasteiger partial charge < -0.3 is 4.57 Å². The summed E-state index contributed by atoms with van der Waals surface area (Å²) in [4.78, 5) is 0. The maximum atomic E-state index is 3.65. The molecule has 1 aromatic heterocycles. The summed E-state index contributed by atoms with van der Waals surface area (Å²) in [5.74, 6) is 0. The lowest BCUT2D eigenvalue weighted by atomic mass is 10.2. The third kappa shape index (κ3) is 1.50. The first-order chi connectivity index (χ1) is 5.66. The van der Waals surface area contributed by atoms with Gasteiger partial charge in [-0.05, 0) is 31.6 Å². The highest BCUT2D eigenvalue weighted by molar-refractivity contribution is 5.52. The topological polar surface area (TPSA) is 4.93 Å². The molecular formula is C11H15N. The van der Waals surface area contributed by atoms with Crippen molar-refractivity contribution in [3.05, 3.63) is 41.7 Å². The van der Waals surface area contributed by atoms with Crippen LogP contribution in [0.3, 0.4) is 0 Å². The lowest BCUT2D eigenvalue weighted by molar-refractivity contribution is 0.869. The fraction of sp³-hybridized carbons (Fsp3) is 0.273. The summed E-state index contributed by atoms with van der Waals surface area (Å²) in [5, 5.41) is 0. The van der Waals surface area contributed by atoms with E-state index >= 15 is 0 Å². The van der Waals surface area contributed by atoms with E-state index in [1.165, 1.54) is 17.0 Å². The molecule has 1 rings (SSSR count). The largest absolute Gasteiger partial charge is 0.348 e. The van der Waals surface area contributed by atoms with Gasteiger partial charge in [-0.2, -0.15) is 0 Å². The van der Waals surface area contributed by atoms with Crippen molar-refractivity contribution in [2.24, 2.45) is 7.05 Å². The molecule has 0 amide bonds. The molecule has 0 aromatic carbocycles. The Morgan fingerprint density at radius 1 is 1.42 bits per heavy atom. The van der Waals surface area contributed by atoms with Crippen molar-refractivity contribution in [3.8, 4) is 0 Å². The first-order valence-electron chi connectivity index (χ1n) is 4.09. The number of hydrogen-bond acceptors (Lipinski definition) is 0. The molecule has 0 aliphatic carbocycles. The number of aromatic nitrogens is 1. The number of rotatable bonds is 2. The Morgan fingerprint density at radius 2 is 2.08 bits per heavy atom. The minimum atomic E-state index is 1.26.